The Hall–Kier alpha value is -2.56. The third-order valence-corrected chi connectivity index (χ3v) is 3.41. The van der Waals surface area contributed by atoms with E-state index < -0.39 is 0 Å². The molecule has 1 unspecified atom stereocenters. The third-order valence-electron chi connectivity index (χ3n) is 3.41. The molecule has 1 aromatic heterocycles. The van der Waals surface area contributed by atoms with Gasteiger partial charge in [0.25, 0.3) is 5.91 Å². The van der Waals surface area contributed by atoms with E-state index in [2.05, 4.69) is 4.98 Å². The molecule has 0 aliphatic rings. The maximum absolute atomic E-state index is 12.2. The van der Waals surface area contributed by atoms with E-state index in [-0.39, 0.29) is 18.6 Å². The summed E-state index contributed by atoms with van der Waals surface area (Å²) in [7, 11) is 1.76. The quantitative estimate of drug-likeness (QED) is 0.856. The highest BCUT2D eigenvalue weighted by Crippen LogP contribution is 2.18. The van der Waals surface area contributed by atoms with E-state index in [4.69, 9.17) is 10.5 Å². The number of carbonyl (C=O) groups excluding carboxylic acids is 1. The Morgan fingerprint density at radius 1 is 1.24 bits per heavy atom. The molecule has 5 nitrogen and oxygen atoms in total. The van der Waals surface area contributed by atoms with E-state index in [9.17, 15) is 4.79 Å². The summed E-state index contributed by atoms with van der Waals surface area (Å²) in [5.74, 6) is 0.540. The van der Waals surface area contributed by atoms with Crippen LogP contribution in [0.3, 0.4) is 0 Å². The van der Waals surface area contributed by atoms with Gasteiger partial charge in [-0.25, -0.2) is 0 Å². The number of amides is 1. The first-order valence-corrected chi connectivity index (χ1v) is 6.72. The number of rotatable bonds is 5. The number of likely N-dealkylation sites (N-methyl/N-ethyl adjacent to an activating group) is 1. The molecule has 5 heteroatoms. The first-order chi connectivity index (χ1) is 10.1. The number of nitrogens with zero attached hydrogens (tertiary/aromatic N) is 2. The molecular weight excluding hydrogens is 266 g/mol. The second-order valence-corrected chi connectivity index (χ2v) is 4.82. The zero-order valence-electron chi connectivity index (χ0n) is 12.2. The van der Waals surface area contributed by atoms with Crippen molar-refractivity contribution in [2.45, 2.75) is 13.0 Å². The highest BCUT2D eigenvalue weighted by Gasteiger charge is 2.17. The summed E-state index contributed by atoms with van der Waals surface area (Å²) in [4.78, 5) is 17.8. The Kier molecular flexibility index (Phi) is 4.77. The smallest absolute Gasteiger partial charge is 0.260 e. The molecule has 1 aromatic carbocycles. The van der Waals surface area contributed by atoms with Gasteiger partial charge in [-0.3, -0.25) is 9.78 Å². The fraction of sp³-hybridized carbons (Fsp3) is 0.250. The molecule has 2 aromatic rings. The van der Waals surface area contributed by atoms with E-state index in [1.165, 1.54) is 0 Å². The molecule has 0 spiro atoms. The number of pyridine rings is 1. The van der Waals surface area contributed by atoms with Crippen LogP contribution in [-0.4, -0.2) is 29.4 Å². The Morgan fingerprint density at radius 3 is 2.48 bits per heavy atom. The number of nitrogens with two attached hydrogens (primary N) is 1. The number of aromatic nitrogens is 1. The predicted octanol–water partition coefficient (Wildman–Crippen LogP) is 2.26. The number of nitrogen functional groups attached to an aromatic ring is 1. The van der Waals surface area contributed by atoms with Crippen molar-refractivity contribution >= 4 is 11.6 Å². The van der Waals surface area contributed by atoms with Crippen molar-refractivity contribution in [3.8, 4) is 5.75 Å². The number of carbonyl (C=O) groups is 1. The average Bonchev–Trinajstić information content (AvgIpc) is 2.53. The van der Waals surface area contributed by atoms with Crippen molar-refractivity contribution < 1.29 is 9.53 Å². The maximum atomic E-state index is 12.2. The second kappa shape index (κ2) is 6.74. The molecule has 1 amide bonds. The van der Waals surface area contributed by atoms with E-state index >= 15 is 0 Å². The summed E-state index contributed by atoms with van der Waals surface area (Å²) in [6.45, 7) is 1.96. The second-order valence-electron chi connectivity index (χ2n) is 4.82. The standard InChI is InChI=1S/C16H19N3O2/c1-12(13-7-9-18-10-8-13)19(2)16(20)11-21-15-5-3-14(17)4-6-15/h3-10,12H,11,17H2,1-2H3. The first kappa shape index (κ1) is 14.8. The lowest BCUT2D eigenvalue weighted by atomic mass is 10.1. The summed E-state index contributed by atoms with van der Waals surface area (Å²) in [5.41, 5.74) is 7.30. The minimum absolute atomic E-state index is 0.00413. The summed E-state index contributed by atoms with van der Waals surface area (Å²) < 4.78 is 5.47. The van der Waals surface area contributed by atoms with Crippen LogP contribution in [0, 0.1) is 0 Å². The number of hydrogen-bond donors (Lipinski definition) is 1. The molecule has 21 heavy (non-hydrogen) atoms. The molecular formula is C16H19N3O2. The van der Waals surface area contributed by atoms with Crippen molar-refractivity contribution in [2.75, 3.05) is 19.4 Å². The Labute approximate surface area is 124 Å². The molecule has 0 radical (unpaired) electrons. The van der Waals surface area contributed by atoms with Crippen LogP contribution in [-0.2, 0) is 4.79 Å². The first-order valence-electron chi connectivity index (χ1n) is 6.72. The summed E-state index contributed by atoms with van der Waals surface area (Å²) >= 11 is 0. The van der Waals surface area contributed by atoms with Gasteiger partial charge in [0.2, 0.25) is 0 Å². The molecule has 2 rings (SSSR count). The zero-order chi connectivity index (χ0) is 15.2. The Bertz CT molecular complexity index is 584. The van der Waals surface area contributed by atoms with Gasteiger partial charge >= 0.3 is 0 Å². The minimum atomic E-state index is -0.0869. The van der Waals surface area contributed by atoms with Crippen LogP contribution in [0.4, 0.5) is 5.69 Å². The molecule has 0 aliphatic heterocycles. The van der Waals surface area contributed by atoms with Crippen LogP contribution in [0.1, 0.15) is 18.5 Å². The normalized spacial score (nSPS) is 11.7. The van der Waals surface area contributed by atoms with Gasteiger partial charge < -0.3 is 15.4 Å². The number of ether oxygens (including phenoxy) is 1. The molecule has 0 aliphatic carbocycles. The van der Waals surface area contributed by atoms with Crippen LogP contribution in [0.25, 0.3) is 0 Å². The fourth-order valence-electron chi connectivity index (χ4n) is 1.89. The van der Waals surface area contributed by atoms with Crippen molar-refractivity contribution in [2.24, 2.45) is 0 Å². The third kappa shape index (κ3) is 3.95. The van der Waals surface area contributed by atoms with Crippen molar-refractivity contribution in [3.05, 3.63) is 54.4 Å². The molecule has 0 fully saturated rings. The number of anilines is 1. The molecule has 0 saturated carbocycles. The zero-order valence-corrected chi connectivity index (χ0v) is 12.2. The molecule has 1 atom stereocenters. The van der Waals surface area contributed by atoms with Crippen LogP contribution in [0.15, 0.2) is 48.8 Å². The molecule has 110 valence electrons. The Balaban J connectivity index is 1.92. The van der Waals surface area contributed by atoms with Crippen molar-refractivity contribution in [1.82, 2.24) is 9.88 Å². The van der Waals surface area contributed by atoms with E-state index in [1.807, 2.05) is 19.1 Å². The van der Waals surface area contributed by atoms with Crippen molar-refractivity contribution in [1.29, 1.82) is 0 Å². The fourth-order valence-corrected chi connectivity index (χ4v) is 1.89. The molecule has 1 heterocycles. The minimum Gasteiger partial charge on any atom is -0.484 e. The SMILES string of the molecule is CC(c1ccncc1)N(C)C(=O)COc1ccc(N)cc1. The Morgan fingerprint density at radius 2 is 1.86 bits per heavy atom. The van der Waals surface area contributed by atoms with Gasteiger partial charge in [-0.2, -0.15) is 0 Å². The van der Waals surface area contributed by atoms with Crippen LogP contribution < -0.4 is 10.5 Å². The van der Waals surface area contributed by atoms with Gasteiger partial charge in [-0.1, -0.05) is 0 Å². The summed E-state index contributed by atoms with van der Waals surface area (Å²) in [6, 6.07) is 10.7. The summed E-state index contributed by atoms with van der Waals surface area (Å²) in [5, 5.41) is 0. The van der Waals surface area contributed by atoms with E-state index in [0.29, 0.717) is 11.4 Å². The number of benzene rings is 1. The monoisotopic (exact) mass is 285 g/mol. The molecule has 0 saturated heterocycles. The van der Waals surface area contributed by atoms with Gasteiger partial charge in [0.05, 0.1) is 6.04 Å². The van der Waals surface area contributed by atoms with Crippen LogP contribution in [0.5, 0.6) is 5.75 Å². The van der Waals surface area contributed by atoms with Gasteiger partial charge in [0, 0.05) is 25.1 Å². The highest BCUT2D eigenvalue weighted by atomic mass is 16.5. The summed E-state index contributed by atoms with van der Waals surface area (Å²) in [6.07, 6.45) is 3.43. The molecule has 0 bridgehead atoms. The topological polar surface area (TPSA) is 68.5 Å². The number of hydrogen-bond acceptors (Lipinski definition) is 4. The van der Waals surface area contributed by atoms with Gasteiger partial charge in [0.15, 0.2) is 6.61 Å². The maximum Gasteiger partial charge on any atom is 0.260 e. The van der Waals surface area contributed by atoms with Crippen LogP contribution in [0.2, 0.25) is 0 Å². The lowest BCUT2D eigenvalue weighted by molar-refractivity contribution is -0.134. The lowest BCUT2D eigenvalue weighted by Gasteiger charge is -2.25. The van der Waals surface area contributed by atoms with Crippen molar-refractivity contribution in [3.63, 3.8) is 0 Å². The van der Waals surface area contributed by atoms with E-state index in [0.717, 1.165) is 5.56 Å². The van der Waals surface area contributed by atoms with E-state index in [1.54, 1.807) is 48.6 Å². The van der Waals surface area contributed by atoms with Gasteiger partial charge in [-0.05, 0) is 48.9 Å². The molecule has 2 N–H and O–H groups in total. The average molecular weight is 285 g/mol. The van der Waals surface area contributed by atoms with Gasteiger partial charge in [0.1, 0.15) is 5.75 Å². The largest absolute Gasteiger partial charge is 0.484 e. The highest BCUT2D eigenvalue weighted by molar-refractivity contribution is 5.78. The lowest BCUT2D eigenvalue weighted by Crippen LogP contribution is -2.33. The van der Waals surface area contributed by atoms with Crippen LogP contribution >= 0.6 is 0 Å². The predicted molar refractivity (Wildman–Crippen MR) is 81.8 cm³/mol. The van der Waals surface area contributed by atoms with Gasteiger partial charge in [-0.15, -0.1) is 0 Å².